The molecule has 2 nitrogen and oxygen atoms in total. The molecule has 1 saturated heterocycles. The average Bonchev–Trinajstić information content (AvgIpc) is 2.59. The van der Waals surface area contributed by atoms with E-state index in [1.165, 1.54) is 51.6 Å². The van der Waals surface area contributed by atoms with Crippen molar-refractivity contribution in [2.24, 2.45) is 17.3 Å². The summed E-state index contributed by atoms with van der Waals surface area (Å²) < 4.78 is 0. The molecule has 1 heterocycles. The number of nitriles is 1. The van der Waals surface area contributed by atoms with Gasteiger partial charge in [0.2, 0.25) is 0 Å². The molecule has 0 amide bonds. The molecule has 3 atom stereocenters. The molecule has 2 heteroatoms. The van der Waals surface area contributed by atoms with Crippen molar-refractivity contribution >= 4 is 0 Å². The van der Waals surface area contributed by atoms with Gasteiger partial charge in [0.25, 0.3) is 0 Å². The number of rotatable bonds is 2. The summed E-state index contributed by atoms with van der Waals surface area (Å²) >= 11 is 0. The standard InChI is InChI=1S/C17H30N2/c1-4-14-6-7-15(13-18)16(12-14)19-10-5-8-17(2,3)9-11-19/h14-16H,4-12H2,1-3H3. The quantitative estimate of drug-likeness (QED) is 0.745. The monoisotopic (exact) mass is 262 g/mol. The van der Waals surface area contributed by atoms with Gasteiger partial charge in [-0.05, 0) is 62.9 Å². The Morgan fingerprint density at radius 1 is 1.21 bits per heavy atom. The van der Waals surface area contributed by atoms with Crippen molar-refractivity contribution in [3.05, 3.63) is 0 Å². The fourth-order valence-electron chi connectivity index (χ4n) is 3.93. The molecular weight excluding hydrogens is 232 g/mol. The molecule has 0 bridgehead atoms. The number of hydrogen-bond donors (Lipinski definition) is 0. The van der Waals surface area contributed by atoms with Gasteiger partial charge in [0.15, 0.2) is 0 Å². The minimum absolute atomic E-state index is 0.281. The number of nitrogens with zero attached hydrogens (tertiary/aromatic N) is 2. The lowest BCUT2D eigenvalue weighted by Gasteiger charge is -2.40. The predicted molar refractivity (Wildman–Crippen MR) is 79.7 cm³/mol. The summed E-state index contributed by atoms with van der Waals surface area (Å²) in [6.45, 7) is 9.51. The molecule has 1 saturated carbocycles. The molecule has 2 fully saturated rings. The van der Waals surface area contributed by atoms with E-state index in [9.17, 15) is 5.26 Å². The van der Waals surface area contributed by atoms with Crippen molar-refractivity contribution in [3.63, 3.8) is 0 Å². The van der Waals surface area contributed by atoms with E-state index in [2.05, 4.69) is 31.7 Å². The van der Waals surface area contributed by atoms with Gasteiger partial charge in [-0.1, -0.05) is 27.2 Å². The summed E-state index contributed by atoms with van der Waals surface area (Å²) in [6, 6.07) is 3.13. The number of likely N-dealkylation sites (tertiary alicyclic amines) is 1. The maximum absolute atomic E-state index is 9.45. The first-order valence-electron chi connectivity index (χ1n) is 8.19. The highest BCUT2D eigenvalue weighted by Crippen LogP contribution is 2.37. The van der Waals surface area contributed by atoms with Crippen LogP contribution in [0.4, 0.5) is 0 Å². The van der Waals surface area contributed by atoms with Crippen LogP contribution in [0.2, 0.25) is 0 Å². The third kappa shape index (κ3) is 3.72. The van der Waals surface area contributed by atoms with Gasteiger partial charge in [-0.3, -0.25) is 4.90 Å². The van der Waals surface area contributed by atoms with E-state index in [1.54, 1.807) is 0 Å². The van der Waals surface area contributed by atoms with Crippen LogP contribution in [0.5, 0.6) is 0 Å². The summed E-state index contributed by atoms with van der Waals surface area (Å²) in [5.74, 6) is 1.13. The van der Waals surface area contributed by atoms with Gasteiger partial charge < -0.3 is 0 Å². The third-order valence-corrected chi connectivity index (χ3v) is 5.51. The van der Waals surface area contributed by atoms with Crippen molar-refractivity contribution in [2.75, 3.05) is 13.1 Å². The smallest absolute Gasteiger partial charge is 0.0672 e. The minimum Gasteiger partial charge on any atom is -0.299 e. The van der Waals surface area contributed by atoms with Crippen LogP contribution in [0.1, 0.15) is 65.7 Å². The molecule has 0 N–H and O–H groups in total. The van der Waals surface area contributed by atoms with E-state index in [1.807, 2.05) is 0 Å². The SMILES string of the molecule is CCC1CCC(C#N)C(N2CCCC(C)(C)CC2)C1. The molecule has 1 aliphatic heterocycles. The molecule has 2 rings (SSSR count). The maximum Gasteiger partial charge on any atom is 0.0672 e. The van der Waals surface area contributed by atoms with Crippen molar-refractivity contribution < 1.29 is 0 Å². The van der Waals surface area contributed by atoms with Crippen LogP contribution in [0, 0.1) is 28.6 Å². The van der Waals surface area contributed by atoms with Gasteiger partial charge in [0, 0.05) is 6.04 Å². The van der Waals surface area contributed by atoms with Gasteiger partial charge in [-0.25, -0.2) is 0 Å². The van der Waals surface area contributed by atoms with Gasteiger partial charge >= 0.3 is 0 Å². The van der Waals surface area contributed by atoms with Crippen molar-refractivity contribution in [2.45, 2.75) is 71.8 Å². The van der Waals surface area contributed by atoms with Crippen LogP contribution < -0.4 is 0 Å². The van der Waals surface area contributed by atoms with Gasteiger partial charge in [-0.2, -0.15) is 5.26 Å². The second-order valence-electron chi connectivity index (χ2n) is 7.44. The Morgan fingerprint density at radius 3 is 2.68 bits per heavy atom. The first-order valence-corrected chi connectivity index (χ1v) is 8.19. The van der Waals surface area contributed by atoms with E-state index in [-0.39, 0.29) is 5.92 Å². The normalized spacial score (nSPS) is 36.4. The molecule has 0 aromatic rings. The molecule has 0 radical (unpaired) electrons. The lowest BCUT2D eigenvalue weighted by molar-refractivity contribution is 0.0998. The van der Waals surface area contributed by atoms with Gasteiger partial charge in [0.05, 0.1) is 12.0 Å². The van der Waals surface area contributed by atoms with Crippen molar-refractivity contribution in [3.8, 4) is 6.07 Å². The Labute approximate surface area is 119 Å². The van der Waals surface area contributed by atoms with Crippen LogP contribution in [-0.2, 0) is 0 Å². The molecule has 1 aliphatic carbocycles. The zero-order valence-electron chi connectivity index (χ0n) is 13.0. The van der Waals surface area contributed by atoms with E-state index in [0.717, 1.165) is 12.3 Å². The number of hydrogen-bond acceptors (Lipinski definition) is 2. The highest BCUT2D eigenvalue weighted by Gasteiger charge is 2.35. The lowest BCUT2D eigenvalue weighted by atomic mass is 9.77. The van der Waals surface area contributed by atoms with Gasteiger partial charge in [0.1, 0.15) is 0 Å². The van der Waals surface area contributed by atoms with Crippen LogP contribution in [0.3, 0.4) is 0 Å². The summed E-state index contributed by atoms with van der Waals surface area (Å²) in [4.78, 5) is 2.66. The zero-order valence-corrected chi connectivity index (χ0v) is 13.0. The summed E-state index contributed by atoms with van der Waals surface area (Å²) in [6.07, 6.45) is 8.87. The Balaban J connectivity index is 2.03. The molecule has 2 aliphatic rings. The largest absolute Gasteiger partial charge is 0.299 e. The third-order valence-electron chi connectivity index (χ3n) is 5.51. The van der Waals surface area contributed by atoms with E-state index >= 15 is 0 Å². The summed E-state index contributed by atoms with van der Waals surface area (Å²) in [5.41, 5.74) is 0.496. The second kappa shape index (κ2) is 6.27. The minimum atomic E-state index is 0.281. The Morgan fingerprint density at radius 2 is 2.00 bits per heavy atom. The van der Waals surface area contributed by atoms with E-state index < -0.39 is 0 Å². The molecule has 108 valence electrons. The Kier molecular flexibility index (Phi) is 4.90. The maximum atomic E-state index is 9.45. The van der Waals surface area contributed by atoms with Gasteiger partial charge in [-0.15, -0.1) is 0 Å². The highest BCUT2D eigenvalue weighted by molar-refractivity contribution is 4.98. The van der Waals surface area contributed by atoms with Crippen molar-refractivity contribution in [1.29, 1.82) is 5.26 Å². The first kappa shape index (κ1) is 14.9. The zero-order chi connectivity index (χ0) is 13.9. The topological polar surface area (TPSA) is 27.0 Å². The highest BCUT2D eigenvalue weighted by atomic mass is 15.2. The molecule has 3 unspecified atom stereocenters. The van der Waals surface area contributed by atoms with Crippen LogP contribution in [0.15, 0.2) is 0 Å². The first-order chi connectivity index (χ1) is 9.05. The molecule has 0 spiro atoms. The summed E-state index contributed by atoms with van der Waals surface area (Å²) in [7, 11) is 0. The molecule has 19 heavy (non-hydrogen) atoms. The van der Waals surface area contributed by atoms with Crippen LogP contribution in [0.25, 0.3) is 0 Å². The van der Waals surface area contributed by atoms with E-state index in [4.69, 9.17) is 0 Å². The molecular formula is C17H30N2. The van der Waals surface area contributed by atoms with E-state index in [0.29, 0.717) is 11.5 Å². The van der Waals surface area contributed by atoms with Crippen LogP contribution >= 0.6 is 0 Å². The molecule has 0 aromatic carbocycles. The lowest BCUT2D eigenvalue weighted by Crippen LogP contribution is -2.44. The predicted octanol–water partition coefficient (Wildman–Crippen LogP) is 4.22. The summed E-state index contributed by atoms with van der Waals surface area (Å²) in [5, 5.41) is 9.45. The Bertz CT molecular complexity index is 329. The molecule has 0 aromatic heterocycles. The fourth-order valence-corrected chi connectivity index (χ4v) is 3.93. The van der Waals surface area contributed by atoms with Crippen LogP contribution in [-0.4, -0.2) is 24.0 Å². The second-order valence-corrected chi connectivity index (χ2v) is 7.44. The van der Waals surface area contributed by atoms with Crippen molar-refractivity contribution in [1.82, 2.24) is 4.90 Å². The fraction of sp³-hybridized carbons (Fsp3) is 0.941. The Hall–Kier alpha value is -0.550. The average molecular weight is 262 g/mol.